The Kier molecular flexibility index (Phi) is 4.34. The molecule has 0 atom stereocenters. The monoisotopic (exact) mass is 310 g/mol. The first-order chi connectivity index (χ1) is 11.2. The van der Waals surface area contributed by atoms with Crippen LogP contribution >= 0.6 is 0 Å². The number of carbonyl (C=O) groups is 1. The van der Waals surface area contributed by atoms with Crippen molar-refractivity contribution < 1.29 is 9.53 Å². The van der Waals surface area contributed by atoms with E-state index in [1.807, 2.05) is 47.0 Å². The molecule has 0 unspecified atom stereocenters. The number of nitrogens with zero attached hydrogens (tertiary/aromatic N) is 4. The van der Waals surface area contributed by atoms with Gasteiger partial charge in [-0.3, -0.25) is 9.20 Å². The molecule has 0 saturated heterocycles. The largest absolute Gasteiger partial charge is 0.380 e. The van der Waals surface area contributed by atoms with Crippen molar-refractivity contribution >= 4 is 11.6 Å². The minimum Gasteiger partial charge on any atom is -0.380 e. The van der Waals surface area contributed by atoms with Gasteiger partial charge in [-0.2, -0.15) is 0 Å². The van der Waals surface area contributed by atoms with Crippen LogP contribution in [-0.2, 0) is 17.9 Å². The second-order valence-corrected chi connectivity index (χ2v) is 5.34. The minimum absolute atomic E-state index is 0.0596. The molecule has 3 aromatic rings. The summed E-state index contributed by atoms with van der Waals surface area (Å²) in [5.41, 5.74) is 2.38. The fourth-order valence-corrected chi connectivity index (χ4v) is 2.46. The van der Waals surface area contributed by atoms with Gasteiger partial charge in [-0.25, -0.2) is 0 Å². The lowest BCUT2D eigenvalue weighted by Crippen LogP contribution is -2.27. The Bertz CT molecular complexity index is 828. The van der Waals surface area contributed by atoms with Gasteiger partial charge in [0.1, 0.15) is 0 Å². The Hall–Kier alpha value is -2.73. The average molecular weight is 310 g/mol. The van der Waals surface area contributed by atoms with Crippen molar-refractivity contribution in [3.8, 4) is 0 Å². The molecular weight excluding hydrogens is 292 g/mol. The zero-order chi connectivity index (χ0) is 16.2. The van der Waals surface area contributed by atoms with Crippen LogP contribution < -0.4 is 0 Å². The predicted octanol–water partition coefficient (Wildman–Crippen LogP) is 2.15. The molecule has 2 aromatic heterocycles. The van der Waals surface area contributed by atoms with E-state index in [1.54, 1.807) is 25.1 Å². The second-order valence-electron chi connectivity index (χ2n) is 5.34. The van der Waals surface area contributed by atoms with E-state index in [4.69, 9.17) is 4.74 Å². The van der Waals surface area contributed by atoms with Gasteiger partial charge in [0.15, 0.2) is 11.5 Å². The smallest absolute Gasteiger partial charge is 0.254 e. The summed E-state index contributed by atoms with van der Waals surface area (Å²) in [7, 11) is 3.40. The summed E-state index contributed by atoms with van der Waals surface area (Å²) in [6.45, 7) is 0.873. The van der Waals surface area contributed by atoms with E-state index in [1.165, 1.54) is 0 Å². The van der Waals surface area contributed by atoms with Gasteiger partial charge in [-0.05, 0) is 29.8 Å². The standard InChI is InChI=1S/C17H18N4O2/c1-20(11-16-19-18-15-8-3-4-9-21(15)16)17(22)14-7-5-6-13(10-14)12-23-2/h3-10H,11-12H2,1-2H3. The Balaban J connectivity index is 1.78. The van der Waals surface area contributed by atoms with Gasteiger partial charge < -0.3 is 9.64 Å². The Morgan fingerprint density at radius 3 is 2.91 bits per heavy atom. The molecule has 118 valence electrons. The zero-order valence-corrected chi connectivity index (χ0v) is 13.1. The van der Waals surface area contributed by atoms with Crippen LogP contribution in [0.3, 0.4) is 0 Å². The topological polar surface area (TPSA) is 59.7 Å². The molecule has 0 aliphatic rings. The highest BCUT2D eigenvalue weighted by molar-refractivity contribution is 5.94. The molecule has 0 spiro atoms. The maximum Gasteiger partial charge on any atom is 0.254 e. The van der Waals surface area contributed by atoms with E-state index < -0.39 is 0 Å². The first-order valence-electron chi connectivity index (χ1n) is 7.31. The van der Waals surface area contributed by atoms with E-state index in [0.29, 0.717) is 18.7 Å². The van der Waals surface area contributed by atoms with Gasteiger partial charge in [-0.1, -0.05) is 18.2 Å². The molecule has 1 aromatic carbocycles. The summed E-state index contributed by atoms with van der Waals surface area (Å²) in [6.07, 6.45) is 1.89. The van der Waals surface area contributed by atoms with Gasteiger partial charge in [0.05, 0.1) is 13.2 Å². The van der Waals surface area contributed by atoms with Crippen molar-refractivity contribution in [2.75, 3.05) is 14.2 Å². The normalized spacial score (nSPS) is 10.9. The number of ether oxygens (including phenoxy) is 1. The molecule has 0 fully saturated rings. The van der Waals surface area contributed by atoms with E-state index >= 15 is 0 Å². The van der Waals surface area contributed by atoms with E-state index in [9.17, 15) is 4.79 Å². The molecule has 0 aliphatic heterocycles. The molecule has 6 nitrogen and oxygen atoms in total. The fraction of sp³-hybridized carbons (Fsp3) is 0.235. The van der Waals surface area contributed by atoms with Crippen LogP contribution in [0, 0.1) is 0 Å². The highest BCUT2D eigenvalue weighted by Gasteiger charge is 2.15. The number of hydrogen-bond donors (Lipinski definition) is 0. The third kappa shape index (κ3) is 3.22. The van der Waals surface area contributed by atoms with Gasteiger partial charge in [0.2, 0.25) is 0 Å². The van der Waals surface area contributed by atoms with Gasteiger partial charge >= 0.3 is 0 Å². The molecular formula is C17H18N4O2. The zero-order valence-electron chi connectivity index (χ0n) is 13.1. The molecule has 1 amide bonds. The number of rotatable bonds is 5. The van der Waals surface area contributed by atoms with Crippen molar-refractivity contribution in [1.29, 1.82) is 0 Å². The van der Waals surface area contributed by atoms with Crippen LogP contribution in [-0.4, -0.2) is 39.6 Å². The van der Waals surface area contributed by atoms with Gasteiger partial charge in [-0.15, -0.1) is 10.2 Å². The molecule has 0 radical (unpaired) electrons. The van der Waals surface area contributed by atoms with Gasteiger partial charge in [0, 0.05) is 25.9 Å². The van der Waals surface area contributed by atoms with Crippen LogP contribution in [0.1, 0.15) is 21.7 Å². The average Bonchev–Trinajstić information content (AvgIpc) is 2.98. The summed E-state index contributed by atoms with van der Waals surface area (Å²) < 4.78 is 6.99. The lowest BCUT2D eigenvalue weighted by Gasteiger charge is -2.16. The van der Waals surface area contributed by atoms with Crippen molar-refractivity contribution in [2.24, 2.45) is 0 Å². The van der Waals surface area contributed by atoms with E-state index in [-0.39, 0.29) is 5.91 Å². The summed E-state index contributed by atoms with van der Waals surface area (Å²) in [4.78, 5) is 14.2. The lowest BCUT2D eigenvalue weighted by atomic mass is 10.1. The number of hydrogen-bond acceptors (Lipinski definition) is 4. The molecule has 0 bridgehead atoms. The predicted molar refractivity (Wildman–Crippen MR) is 85.9 cm³/mol. The number of fused-ring (bicyclic) bond motifs is 1. The quantitative estimate of drug-likeness (QED) is 0.724. The van der Waals surface area contributed by atoms with Crippen molar-refractivity contribution in [3.63, 3.8) is 0 Å². The van der Waals surface area contributed by atoms with Crippen molar-refractivity contribution in [1.82, 2.24) is 19.5 Å². The first kappa shape index (κ1) is 15.2. The van der Waals surface area contributed by atoms with E-state index in [0.717, 1.165) is 17.0 Å². The van der Waals surface area contributed by atoms with Crippen LogP contribution in [0.25, 0.3) is 5.65 Å². The van der Waals surface area contributed by atoms with Crippen LogP contribution in [0.5, 0.6) is 0 Å². The molecule has 0 saturated carbocycles. The maximum atomic E-state index is 12.6. The second kappa shape index (κ2) is 6.58. The summed E-state index contributed by atoms with van der Waals surface area (Å²) in [6, 6.07) is 13.2. The number of aromatic nitrogens is 3. The van der Waals surface area contributed by atoms with Crippen molar-refractivity contribution in [3.05, 3.63) is 65.6 Å². The number of carbonyl (C=O) groups excluding carboxylic acids is 1. The number of benzene rings is 1. The maximum absolute atomic E-state index is 12.6. The molecule has 0 aliphatic carbocycles. The summed E-state index contributed by atoms with van der Waals surface area (Å²) >= 11 is 0. The lowest BCUT2D eigenvalue weighted by molar-refractivity contribution is 0.0781. The fourth-order valence-electron chi connectivity index (χ4n) is 2.46. The minimum atomic E-state index is -0.0596. The molecule has 23 heavy (non-hydrogen) atoms. The summed E-state index contributed by atoms with van der Waals surface area (Å²) in [5, 5.41) is 8.26. The third-order valence-electron chi connectivity index (χ3n) is 3.59. The molecule has 6 heteroatoms. The molecule has 0 N–H and O–H groups in total. The number of amides is 1. The Morgan fingerprint density at radius 2 is 2.09 bits per heavy atom. The van der Waals surface area contributed by atoms with Crippen LogP contribution in [0.2, 0.25) is 0 Å². The SMILES string of the molecule is COCc1cccc(C(=O)N(C)Cc2nnc3ccccn23)c1. The third-order valence-corrected chi connectivity index (χ3v) is 3.59. The molecule has 2 heterocycles. The van der Waals surface area contributed by atoms with Crippen LogP contribution in [0.4, 0.5) is 0 Å². The number of methoxy groups -OCH3 is 1. The van der Waals surface area contributed by atoms with Gasteiger partial charge in [0.25, 0.3) is 5.91 Å². The Morgan fingerprint density at radius 1 is 1.22 bits per heavy atom. The number of pyridine rings is 1. The first-order valence-corrected chi connectivity index (χ1v) is 7.31. The van der Waals surface area contributed by atoms with Crippen LogP contribution in [0.15, 0.2) is 48.7 Å². The highest BCUT2D eigenvalue weighted by Crippen LogP contribution is 2.11. The summed E-state index contributed by atoms with van der Waals surface area (Å²) in [5.74, 6) is 0.667. The van der Waals surface area contributed by atoms with E-state index in [2.05, 4.69) is 10.2 Å². The Labute approximate surface area is 134 Å². The van der Waals surface area contributed by atoms with Crippen molar-refractivity contribution in [2.45, 2.75) is 13.2 Å². The molecule has 3 rings (SSSR count). The highest BCUT2D eigenvalue weighted by atomic mass is 16.5.